The van der Waals surface area contributed by atoms with Crippen LogP contribution in [0.5, 0.6) is 0 Å². The number of rotatable bonds is 2. The van der Waals surface area contributed by atoms with Crippen molar-refractivity contribution in [2.24, 2.45) is 5.41 Å². The first-order chi connectivity index (χ1) is 9.44. The van der Waals surface area contributed by atoms with Gasteiger partial charge in [-0.3, -0.25) is 0 Å². The van der Waals surface area contributed by atoms with Gasteiger partial charge in [0.1, 0.15) is 0 Å². The van der Waals surface area contributed by atoms with Crippen LogP contribution in [-0.4, -0.2) is 18.3 Å². The van der Waals surface area contributed by atoms with Crippen LogP contribution in [0.25, 0.3) is 0 Å². The summed E-state index contributed by atoms with van der Waals surface area (Å²) < 4.78 is 12.5. The summed E-state index contributed by atoms with van der Waals surface area (Å²) in [6.07, 6.45) is 0.899. The van der Waals surface area contributed by atoms with E-state index in [0.717, 1.165) is 11.9 Å². The van der Waals surface area contributed by atoms with Gasteiger partial charge in [-0.1, -0.05) is 38.4 Å². The van der Waals surface area contributed by atoms with Gasteiger partial charge in [0, 0.05) is 16.2 Å². The molecule has 1 unspecified atom stereocenters. The van der Waals surface area contributed by atoms with E-state index in [1.165, 1.54) is 0 Å². The molecular weight excluding hydrogens is 284 g/mol. The fraction of sp³-hybridized carbons (Fsp3) is 0.625. The highest BCUT2D eigenvalue weighted by atomic mass is 35.5. The Morgan fingerprint density at radius 1 is 1.19 bits per heavy atom. The van der Waals surface area contributed by atoms with E-state index in [-0.39, 0.29) is 11.0 Å². The molecule has 3 nitrogen and oxygen atoms in total. The number of halogens is 1. The fourth-order valence-corrected chi connectivity index (χ4v) is 3.20. The largest absolute Gasteiger partial charge is 0.496 e. The molecular formula is C16H25BClNO2. The Morgan fingerprint density at radius 2 is 1.81 bits per heavy atom. The van der Waals surface area contributed by atoms with Crippen molar-refractivity contribution in [3.05, 3.63) is 23.2 Å². The Balaban J connectivity index is 2.31. The van der Waals surface area contributed by atoms with Gasteiger partial charge in [0.2, 0.25) is 0 Å². The average molecular weight is 310 g/mol. The van der Waals surface area contributed by atoms with Crippen molar-refractivity contribution in [1.29, 1.82) is 0 Å². The van der Waals surface area contributed by atoms with Crippen LogP contribution in [-0.2, 0) is 9.31 Å². The van der Waals surface area contributed by atoms with Crippen LogP contribution in [0.15, 0.2) is 18.2 Å². The second-order valence-corrected chi connectivity index (χ2v) is 8.23. The molecule has 0 aromatic heterocycles. The summed E-state index contributed by atoms with van der Waals surface area (Å²) in [5, 5.41) is 0.579. The topological polar surface area (TPSA) is 44.5 Å². The minimum atomic E-state index is -0.458. The van der Waals surface area contributed by atoms with E-state index in [0.29, 0.717) is 10.7 Å². The maximum absolute atomic E-state index is 6.30. The van der Waals surface area contributed by atoms with Gasteiger partial charge < -0.3 is 15.0 Å². The summed E-state index contributed by atoms with van der Waals surface area (Å²) in [6, 6.07) is 5.43. The van der Waals surface area contributed by atoms with E-state index in [9.17, 15) is 0 Å². The number of hydrogen-bond donors (Lipinski definition) is 1. The molecule has 0 radical (unpaired) electrons. The summed E-state index contributed by atoms with van der Waals surface area (Å²) in [4.78, 5) is 0. The molecule has 1 aliphatic rings. The molecule has 2 rings (SSSR count). The molecule has 1 aromatic carbocycles. The monoisotopic (exact) mass is 309 g/mol. The Labute approximate surface area is 133 Å². The van der Waals surface area contributed by atoms with Gasteiger partial charge in [-0.2, -0.15) is 0 Å². The predicted molar refractivity (Wildman–Crippen MR) is 90.0 cm³/mol. The van der Waals surface area contributed by atoms with E-state index in [2.05, 4.69) is 41.5 Å². The van der Waals surface area contributed by atoms with Crippen molar-refractivity contribution >= 4 is 29.9 Å². The Bertz CT molecular complexity index is 542. The number of hydrogen-bond acceptors (Lipinski definition) is 3. The van der Waals surface area contributed by atoms with Gasteiger partial charge >= 0.3 is 7.12 Å². The molecule has 1 aliphatic heterocycles. The third-order valence-corrected chi connectivity index (χ3v) is 4.52. The van der Waals surface area contributed by atoms with Crippen LogP contribution < -0.4 is 11.2 Å². The van der Waals surface area contributed by atoms with E-state index >= 15 is 0 Å². The molecule has 1 aromatic rings. The van der Waals surface area contributed by atoms with Crippen molar-refractivity contribution < 1.29 is 9.31 Å². The van der Waals surface area contributed by atoms with Gasteiger partial charge in [0.25, 0.3) is 0 Å². The zero-order valence-corrected chi connectivity index (χ0v) is 14.5. The maximum atomic E-state index is 6.30. The molecule has 0 saturated carbocycles. The lowest BCUT2D eigenvalue weighted by molar-refractivity contribution is -0.0367. The Morgan fingerprint density at radius 3 is 2.33 bits per heavy atom. The Kier molecular flexibility index (Phi) is 4.11. The zero-order valence-electron chi connectivity index (χ0n) is 13.8. The number of benzene rings is 1. The fourth-order valence-electron chi connectivity index (χ4n) is 2.92. The molecule has 0 bridgehead atoms. The molecule has 1 fully saturated rings. The summed E-state index contributed by atoms with van der Waals surface area (Å²) in [7, 11) is -0.458. The molecule has 5 heteroatoms. The van der Waals surface area contributed by atoms with Crippen LogP contribution in [0.4, 0.5) is 5.69 Å². The molecule has 1 atom stereocenters. The quantitative estimate of drug-likeness (QED) is 0.670. The van der Waals surface area contributed by atoms with Gasteiger partial charge in [0.15, 0.2) is 0 Å². The highest BCUT2D eigenvalue weighted by molar-refractivity contribution is 6.65. The molecule has 1 heterocycles. The van der Waals surface area contributed by atoms with Crippen molar-refractivity contribution in [3.63, 3.8) is 0 Å². The lowest BCUT2D eigenvalue weighted by Gasteiger charge is -2.40. The normalized spacial score (nSPS) is 25.4. The molecule has 0 amide bonds. The molecule has 2 N–H and O–H groups in total. The highest BCUT2D eigenvalue weighted by Gasteiger charge is 2.55. The molecule has 21 heavy (non-hydrogen) atoms. The van der Waals surface area contributed by atoms with Crippen LogP contribution >= 0.6 is 11.6 Å². The van der Waals surface area contributed by atoms with Crippen LogP contribution in [0.2, 0.25) is 5.02 Å². The Hall–Kier alpha value is -0.705. The summed E-state index contributed by atoms with van der Waals surface area (Å²) in [5.74, 6) is 0. The van der Waals surface area contributed by atoms with E-state index in [1.807, 2.05) is 12.1 Å². The first kappa shape index (κ1) is 16.7. The first-order valence-electron chi connectivity index (χ1n) is 7.34. The zero-order chi connectivity index (χ0) is 16.1. The average Bonchev–Trinajstić information content (AvgIpc) is 2.45. The van der Waals surface area contributed by atoms with Crippen LogP contribution in [0.1, 0.15) is 48.0 Å². The number of nitrogens with two attached hydrogens (primary N) is 1. The van der Waals surface area contributed by atoms with E-state index < -0.39 is 12.7 Å². The second kappa shape index (κ2) is 5.18. The van der Waals surface area contributed by atoms with Crippen molar-refractivity contribution in [2.45, 2.75) is 59.2 Å². The summed E-state index contributed by atoms with van der Waals surface area (Å²) in [6.45, 7) is 12.9. The van der Waals surface area contributed by atoms with Gasteiger partial charge in [-0.15, -0.1) is 0 Å². The predicted octanol–water partition coefficient (Wildman–Crippen LogP) is 3.64. The molecule has 1 saturated heterocycles. The van der Waals surface area contributed by atoms with Crippen molar-refractivity contribution in [3.8, 4) is 0 Å². The first-order valence-corrected chi connectivity index (χ1v) is 7.72. The van der Waals surface area contributed by atoms with Crippen molar-refractivity contribution in [2.75, 3.05) is 5.73 Å². The lowest BCUT2D eigenvalue weighted by atomic mass is 9.75. The summed E-state index contributed by atoms with van der Waals surface area (Å²) >= 11 is 6.29. The lowest BCUT2D eigenvalue weighted by Crippen LogP contribution is -2.47. The number of nitrogen functional groups attached to an aromatic ring is 1. The van der Waals surface area contributed by atoms with Gasteiger partial charge in [-0.25, -0.2) is 0 Å². The smallest absolute Gasteiger partial charge is 0.399 e. The molecule has 0 spiro atoms. The van der Waals surface area contributed by atoms with Crippen molar-refractivity contribution in [1.82, 2.24) is 0 Å². The number of anilines is 1. The third-order valence-electron chi connectivity index (χ3n) is 4.19. The molecule has 0 aliphatic carbocycles. The van der Waals surface area contributed by atoms with Crippen LogP contribution in [0.3, 0.4) is 0 Å². The van der Waals surface area contributed by atoms with Crippen LogP contribution in [0, 0.1) is 5.41 Å². The van der Waals surface area contributed by atoms with E-state index in [4.69, 9.17) is 26.6 Å². The minimum Gasteiger partial charge on any atom is -0.399 e. The van der Waals surface area contributed by atoms with Gasteiger partial charge in [0.05, 0.1) is 11.2 Å². The minimum absolute atomic E-state index is 0.148. The highest BCUT2D eigenvalue weighted by Crippen LogP contribution is 2.44. The SMILES string of the molecule is CC(C)(C)CC1(C)OB(c2ccc(N)cc2Cl)OC1(C)C. The third kappa shape index (κ3) is 3.38. The standard InChI is InChI=1S/C16H25BClNO2/c1-14(2,3)10-16(6)15(4,5)20-17(21-16)12-8-7-11(19)9-13(12)18/h7-9H,10,19H2,1-6H3. The molecule has 116 valence electrons. The van der Waals surface area contributed by atoms with Gasteiger partial charge in [-0.05, 0) is 44.7 Å². The van der Waals surface area contributed by atoms with E-state index in [1.54, 1.807) is 6.07 Å². The maximum Gasteiger partial charge on any atom is 0.496 e. The second-order valence-electron chi connectivity index (χ2n) is 7.83. The summed E-state index contributed by atoms with van der Waals surface area (Å²) in [5.41, 5.74) is 6.60.